The van der Waals surface area contributed by atoms with Crippen molar-refractivity contribution in [1.82, 2.24) is 0 Å². The van der Waals surface area contributed by atoms with Crippen LogP contribution in [0.25, 0.3) is 0 Å². The first-order valence-corrected chi connectivity index (χ1v) is 11.3. The molecule has 1 N–H and O–H groups in total. The van der Waals surface area contributed by atoms with Crippen LogP contribution in [0.4, 0.5) is 11.4 Å². The largest absolute Gasteiger partial charge is 0.462 e. The first-order chi connectivity index (χ1) is 15.5. The number of nitrogens with zero attached hydrogens (tertiary/aromatic N) is 1. The van der Waals surface area contributed by atoms with Gasteiger partial charge in [-0.1, -0.05) is 62.6 Å². The number of halogens is 1. The Bertz CT molecular complexity index is 1030. The molecule has 0 atom stereocenters. The van der Waals surface area contributed by atoms with E-state index >= 15 is 0 Å². The lowest BCUT2D eigenvalue weighted by Crippen LogP contribution is -2.33. The van der Waals surface area contributed by atoms with E-state index in [0.717, 1.165) is 37.0 Å². The van der Waals surface area contributed by atoms with Crippen LogP contribution in [0.5, 0.6) is 0 Å². The number of esters is 1. The Morgan fingerprint density at radius 3 is 2.34 bits per heavy atom. The number of imide groups is 1. The van der Waals surface area contributed by atoms with Crippen molar-refractivity contribution < 1.29 is 19.1 Å². The maximum Gasteiger partial charge on any atom is 0.340 e. The Balaban J connectivity index is 1.80. The number of rotatable bonds is 10. The van der Waals surface area contributed by atoms with Crippen molar-refractivity contribution >= 4 is 40.8 Å². The first kappa shape index (κ1) is 23.5. The molecule has 1 aliphatic heterocycles. The minimum Gasteiger partial charge on any atom is -0.462 e. The third-order valence-electron chi connectivity index (χ3n) is 5.17. The zero-order chi connectivity index (χ0) is 23.1. The second-order valence-electron chi connectivity index (χ2n) is 7.57. The van der Waals surface area contributed by atoms with E-state index in [1.54, 1.807) is 12.1 Å². The number of carbonyl (C=O) groups is 3. The van der Waals surface area contributed by atoms with E-state index < -0.39 is 17.8 Å². The average Bonchev–Trinajstić information content (AvgIpc) is 3.01. The number of aryl methyl sites for hydroxylation is 1. The second kappa shape index (κ2) is 11.0. The van der Waals surface area contributed by atoms with Crippen molar-refractivity contribution in [2.24, 2.45) is 0 Å². The van der Waals surface area contributed by atoms with Crippen LogP contribution in [0.2, 0.25) is 0 Å². The van der Waals surface area contributed by atoms with E-state index in [1.807, 2.05) is 31.2 Å². The number of hydrogen-bond donors (Lipinski definition) is 1. The summed E-state index contributed by atoms with van der Waals surface area (Å²) < 4.78 is 5.28. The quantitative estimate of drug-likeness (QED) is 0.294. The standard InChI is InChI=1S/C25H27ClN2O4/c1-3-5-9-17-12-14-18(15-13-17)27-22-21(26)23(29)28(24(22)30)20-11-8-7-10-19(20)25(31)32-16-6-4-2/h7-8,10-15,27H,3-6,9,16H2,1-2H3. The smallest absolute Gasteiger partial charge is 0.340 e. The molecule has 32 heavy (non-hydrogen) atoms. The third-order valence-corrected chi connectivity index (χ3v) is 5.52. The van der Waals surface area contributed by atoms with Crippen LogP contribution in [-0.2, 0) is 20.7 Å². The van der Waals surface area contributed by atoms with Crippen molar-refractivity contribution in [3.63, 3.8) is 0 Å². The minimum absolute atomic E-state index is 0.0212. The predicted molar refractivity (Wildman–Crippen MR) is 126 cm³/mol. The average molecular weight is 455 g/mol. The highest BCUT2D eigenvalue weighted by atomic mass is 35.5. The summed E-state index contributed by atoms with van der Waals surface area (Å²) in [5, 5.41) is 2.74. The van der Waals surface area contributed by atoms with Crippen molar-refractivity contribution in [3.05, 3.63) is 70.4 Å². The minimum atomic E-state index is -0.687. The molecule has 2 aromatic carbocycles. The fraction of sp³-hybridized carbons (Fsp3) is 0.320. The molecule has 0 spiro atoms. The molecule has 3 rings (SSSR count). The molecule has 168 valence electrons. The van der Waals surface area contributed by atoms with Gasteiger partial charge in [-0.05, 0) is 49.1 Å². The zero-order valence-electron chi connectivity index (χ0n) is 18.3. The van der Waals surface area contributed by atoms with E-state index in [2.05, 4.69) is 12.2 Å². The van der Waals surface area contributed by atoms with Gasteiger partial charge in [0.1, 0.15) is 10.7 Å². The fourth-order valence-corrected chi connectivity index (χ4v) is 3.55. The molecule has 0 unspecified atom stereocenters. The van der Waals surface area contributed by atoms with E-state index in [-0.39, 0.29) is 28.6 Å². The van der Waals surface area contributed by atoms with Crippen LogP contribution in [0, 0.1) is 0 Å². The highest BCUT2D eigenvalue weighted by Crippen LogP contribution is 2.32. The molecule has 1 aliphatic rings. The van der Waals surface area contributed by atoms with Gasteiger partial charge in [-0.2, -0.15) is 0 Å². The normalized spacial score (nSPS) is 13.7. The van der Waals surface area contributed by atoms with Gasteiger partial charge < -0.3 is 10.1 Å². The summed E-state index contributed by atoms with van der Waals surface area (Å²) in [6.07, 6.45) is 4.81. The van der Waals surface area contributed by atoms with Gasteiger partial charge in [0.25, 0.3) is 11.8 Å². The number of para-hydroxylation sites is 1. The molecule has 0 aromatic heterocycles. The molecule has 2 amide bonds. The van der Waals surface area contributed by atoms with E-state index in [1.165, 1.54) is 17.7 Å². The van der Waals surface area contributed by atoms with Crippen molar-refractivity contribution in [3.8, 4) is 0 Å². The monoisotopic (exact) mass is 454 g/mol. The highest BCUT2D eigenvalue weighted by molar-refractivity contribution is 6.53. The van der Waals surface area contributed by atoms with Crippen LogP contribution < -0.4 is 10.2 Å². The summed E-state index contributed by atoms with van der Waals surface area (Å²) in [5.41, 5.74) is 2.11. The summed E-state index contributed by atoms with van der Waals surface area (Å²) in [5.74, 6) is -1.90. The number of nitrogens with one attached hydrogen (secondary N) is 1. The molecule has 0 fully saturated rings. The Morgan fingerprint density at radius 2 is 1.66 bits per heavy atom. The molecule has 6 nitrogen and oxygen atoms in total. The topological polar surface area (TPSA) is 75.7 Å². The number of carbonyl (C=O) groups excluding carboxylic acids is 3. The van der Waals surface area contributed by atoms with E-state index in [9.17, 15) is 14.4 Å². The van der Waals surface area contributed by atoms with Crippen LogP contribution in [0.3, 0.4) is 0 Å². The molecule has 7 heteroatoms. The van der Waals surface area contributed by atoms with Gasteiger partial charge in [-0.3, -0.25) is 9.59 Å². The zero-order valence-corrected chi connectivity index (χ0v) is 19.1. The molecular formula is C25H27ClN2O4. The molecule has 2 aromatic rings. The molecule has 1 heterocycles. The second-order valence-corrected chi connectivity index (χ2v) is 7.94. The predicted octanol–water partition coefficient (Wildman–Crippen LogP) is 5.42. The number of unbranched alkanes of at least 4 members (excludes halogenated alkanes) is 2. The van der Waals surface area contributed by atoms with Gasteiger partial charge in [-0.25, -0.2) is 9.69 Å². The fourth-order valence-electron chi connectivity index (χ4n) is 3.34. The van der Waals surface area contributed by atoms with Crippen LogP contribution in [-0.4, -0.2) is 24.4 Å². The molecular weight excluding hydrogens is 428 g/mol. The summed E-state index contributed by atoms with van der Waals surface area (Å²) in [6.45, 7) is 4.40. The van der Waals surface area contributed by atoms with Crippen LogP contribution in [0.15, 0.2) is 59.3 Å². The molecule has 0 saturated heterocycles. The number of amides is 2. The van der Waals surface area contributed by atoms with E-state index in [0.29, 0.717) is 5.69 Å². The van der Waals surface area contributed by atoms with Crippen LogP contribution >= 0.6 is 11.6 Å². The molecule has 0 saturated carbocycles. The molecule has 0 aliphatic carbocycles. The maximum absolute atomic E-state index is 13.1. The summed E-state index contributed by atoms with van der Waals surface area (Å²) in [7, 11) is 0. The SMILES string of the molecule is CCCCOC(=O)c1ccccc1N1C(=O)C(Cl)=C(Nc2ccc(CCCC)cc2)C1=O. The van der Waals surface area contributed by atoms with Gasteiger partial charge in [0, 0.05) is 5.69 Å². The summed E-state index contributed by atoms with van der Waals surface area (Å²) >= 11 is 6.24. The highest BCUT2D eigenvalue weighted by Gasteiger charge is 2.40. The lowest BCUT2D eigenvalue weighted by atomic mass is 10.1. The lowest BCUT2D eigenvalue weighted by Gasteiger charge is -2.18. The summed E-state index contributed by atoms with van der Waals surface area (Å²) in [4.78, 5) is 39.4. The molecule has 0 bridgehead atoms. The van der Waals surface area contributed by atoms with Gasteiger partial charge in [-0.15, -0.1) is 0 Å². The van der Waals surface area contributed by atoms with Crippen molar-refractivity contribution in [2.45, 2.75) is 46.0 Å². The maximum atomic E-state index is 13.1. The van der Waals surface area contributed by atoms with Crippen LogP contribution in [0.1, 0.15) is 55.5 Å². The Morgan fingerprint density at radius 1 is 0.969 bits per heavy atom. The third kappa shape index (κ3) is 5.19. The lowest BCUT2D eigenvalue weighted by molar-refractivity contribution is -0.120. The number of anilines is 2. The number of hydrogen-bond acceptors (Lipinski definition) is 5. The van der Waals surface area contributed by atoms with E-state index in [4.69, 9.17) is 16.3 Å². The first-order valence-electron chi connectivity index (χ1n) is 10.9. The van der Waals surface area contributed by atoms with Gasteiger partial charge >= 0.3 is 5.97 Å². The Kier molecular flexibility index (Phi) is 8.06. The van der Waals surface area contributed by atoms with Gasteiger partial charge in [0.2, 0.25) is 0 Å². The Labute approximate surface area is 193 Å². The number of benzene rings is 2. The van der Waals surface area contributed by atoms with Gasteiger partial charge in [0.15, 0.2) is 0 Å². The number of ether oxygens (including phenoxy) is 1. The van der Waals surface area contributed by atoms with Crippen molar-refractivity contribution in [1.29, 1.82) is 0 Å². The van der Waals surface area contributed by atoms with Gasteiger partial charge in [0.05, 0.1) is 17.9 Å². The Hall–Kier alpha value is -3.12. The van der Waals surface area contributed by atoms with Crippen molar-refractivity contribution in [2.75, 3.05) is 16.8 Å². The molecule has 0 radical (unpaired) electrons. The summed E-state index contributed by atoms with van der Waals surface area (Å²) in [6, 6.07) is 14.0.